The summed E-state index contributed by atoms with van der Waals surface area (Å²) in [5.74, 6) is 1.54. The maximum absolute atomic E-state index is 12.5. The normalized spacial score (nSPS) is 25.4. The lowest BCUT2D eigenvalue weighted by molar-refractivity contribution is -0.150. The molecule has 1 rings (SSSR count). The molecule has 110 valence electrons. The number of nitrogens with one attached hydrogen (secondary N) is 1. The lowest BCUT2D eigenvalue weighted by atomic mass is 10.0. The van der Waals surface area contributed by atoms with Gasteiger partial charge < -0.3 is 10.2 Å². The Hall–Kier alpha value is -0.710. The molecule has 1 saturated heterocycles. The number of carbonyl (C=O) groups excluding carboxylic acids is 2. The summed E-state index contributed by atoms with van der Waals surface area (Å²) in [6.07, 6.45) is 4.39. The largest absolute Gasteiger partial charge is 0.343 e. The molecule has 0 aromatic carbocycles. The highest BCUT2D eigenvalue weighted by molar-refractivity contribution is 7.98. The molecule has 1 aliphatic heterocycles. The molecule has 4 nitrogen and oxygen atoms in total. The molecule has 3 atom stereocenters. The first-order chi connectivity index (χ1) is 9.04. The Morgan fingerprint density at radius 3 is 2.58 bits per heavy atom. The van der Waals surface area contributed by atoms with Crippen LogP contribution in [0.1, 0.15) is 40.0 Å². The van der Waals surface area contributed by atoms with Crippen molar-refractivity contribution in [3.8, 4) is 0 Å². The Balaban J connectivity index is 2.80. The fourth-order valence-corrected chi connectivity index (χ4v) is 3.28. The van der Waals surface area contributed by atoms with Crippen molar-refractivity contribution in [3.05, 3.63) is 0 Å². The van der Waals surface area contributed by atoms with Gasteiger partial charge in [-0.25, -0.2) is 0 Å². The fraction of sp³-hybridized carbons (Fsp3) is 0.857. The molecule has 2 amide bonds. The van der Waals surface area contributed by atoms with Gasteiger partial charge >= 0.3 is 0 Å². The quantitative estimate of drug-likeness (QED) is 0.777. The average molecular weight is 286 g/mol. The first-order valence-electron chi connectivity index (χ1n) is 7.14. The standard InChI is InChI=1S/C14H26N2O2S/c1-5-7-11-14(18)16(8-10(3)9-19-4)12(6-2)13(17)15-11/h10-12H,5-9H2,1-4H3,(H,15,17). The lowest BCUT2D eigenvalue weighted by Gasteiger charge is -2.39. The molecule has 0 aromatic heterocycles. The molecule has 5 heteroatoms. The highest BCUT2D eigenvalue weighted by Gasteiger charge is 2.39. The van der Waals surface area contributed by atoms with Crippen LogP contribution in [-0.4, -0.2) is 47.4 Å². The van der Waals surface area contributed by atoms with Crippen LogP contribution in [0.4, 0.5) is 0 Å². The summed E-state index contributed by atoms with van der Waals surface area (Å²) in [5.41, 5.74) is 0. The van der Waals surface area contributed by atoms with Gasteiger partial charge in [-0.05, 0) is 30.8 Å². The Kier molecular flexibility index (Phi) is 6.69. The van der Waals surface area contributed by atoms with Gasteiger partial charge in [0.25, 0.3) is 0 Å². The van der Waals surface area contributed by atoms with E-state index < -0.39 is 0 Å². The molecule has 0 bridgehead atoms. The van der Waals surface area contributed by atoms with Crippen molar-refractivity contribution in [1.29, 1.82) is 0 Å². The number of amides is 2. The minimum atomic E-state index is -0.318. The van der Waals surface area contributed by atoms with Crippen molar-refractivity contribution >= 4 is 23.6 Å². The summed E-state index contributed by atoms with van der Waals surface area (Å²) in [4.78, 5) is 26.4. The maximum Gasteiger partial charge on any atom is 0.245 e. The summed E-state index contributed by atoms with van der Waals surface area (Å²) in [5, 5.41) is 2.87. The van der Waals surface area contributed by atoms with Crippen molar-refractivity contribution in [3.63, 3.8) is 0 Å². The predicted octanol–water partition coefficient (Wildman–Crippen LogP) is 1.89. The third-order valence-electron chi connectivity index (χ3n) is 3.50. The summed E-state index contributed by atoms with van der Waals surface area (Å²) >= 11 is 1.78. The molecule has 1 N–H and O–H groups in total. The van der Waals surface area contributed by atoms with Gasteiger partial charge in [-0.3, -0.25) is 9.59 Å². The van der Waals surface area contributed by atoms with E-state index in [1.165, 1.54) is 0 Å². The molecule has 0 aromatic rings. The number of hydrogen-bond acceptors (Lipinski definition) is 3. The first kappa shape index (κ1) is 16.3. The second kappa shape index (κ2) is 7.78. The molecule has 1 fully saturated rings. The van der Waals surface area contributed by atoms with Gasteiger partial charge in [0, 0.05) is 6.54 Å². The Bertz CT molecular complexity index is 323. The van der Waals surface area contributed by atoms with Gasteiger partial charge in [0.05, 0.1) is 0 Å². The van der Waals surface area contributed by atoms with Crippen molar-refractivity contribution in [2.24, 2.45) is 5.92 Å². The van der Waals surface area contributed by atoms with Gasteiger partial charge in [0.15, 0.2) is 0 Å². The molecular formula is C14H26N2O2S. The van der Waals surface area contributed by atoms with E-state index in [1.54, 1.807) is 16.7 Å². The van der Waals surface area contributed by atoms with E-state index in [1.807, 2.05) is 13.8 Å². The Morgan fingerprint density at radius 2 is 2.05 bits per heavy atom. The van der Waals surface area contributed by atoms with Crippen LogP contribution in [0.5, 0.6) is 0 Å². The van der Waals surface area contributed by atoms with Crippen LogP contribution in [0.2, 0.25) is 0 Å². The molecule has 0 radical (unpaired) electrons. The molecule has 3 unspecified atom stereocenters. The van der Waals surface area contributed by atoms with Crippen molar-refractivity contribution in [2.75, 3.05) is 18.6 Å². The van der Waals surface area contributed by atoms with Crippen LogP contribution in [0.3, 0.4) is 0 Å². The highest BCUT2D eigenvalue weighted by atomic mass is 32.2. The topological polar surface area (TPSA) is 49.4 Å². The third-order valence-corrected chi connectivity index (χ3v) is 4.40. The van der Waals surface area contributed by atoms with Crippen LogP contribution < -0.4 is 5.32 Å². The van der Waals surface area contributed by atoms with Crippen molar-refractivity contribution in [1.82, 2.24) is 10.2 Å². The predicted molar refractivity (Wildman–Crippen MR) is 80.2 cm³/mol. The SMILES string of the molecule is CCCC1NC(=O)C(CC)N(CC(C)CSC)C1=O. The van der Waals surface area contributed by atoms with Gasteiger partial charge in [0.2, 0.25) is 11.8 Å². The zero-order chi connectivity index (χ0) is 14.4. The van der Waals surface area contributed by atoms with E-state index in [0.29, 0.717) is 18.9 Å². The molecule has 0 saturated carbocycles. The van der Waals surface area contributed by atoms with Crippen LogP contribution >= 0.6 is 11.8 Å². The number of thioether (sulfide) groups is 1. The van der Waals surface area contributed by atoms with E-state index in [2.05, 4.69) is 18.5 Å². The van der Waals surface area contributed by atoms with Crippen LogP contribution in [0, 0.1) is 5.92 Å². The number of piperazine rings is 1. The van der Waals surface area contributed by atoms with E-state index in [0.717, 1.165) is 18.6 Å². The summed E-state index contributed by atoms with van der Waals surface area (Å²) < 4.78 is 0. The van der Waals surface area contributed by atoms with Gasteiger partial charge in [-0.1, -0.05) is 27.2 Å². The van der Waals surface area contributed by atoms with Crippen LogP contribution in [0.25, 0.3) is 0 Å². The zero-order valence-corrected chi connectivity index (χ0v) is 13.3. The van der Waals surface area contributed by atoms with Gasteiger partial charge in [0.1, 0.15) is 12.1 Å². The second-order valence-electron chi connectivity index (χ2n) is 5.33. The number of nitrogens with zero attached hydrogens (tertiary/aromatic N) is 1. The molecular weight excluding hydrogens is 260 g/mol. The average Bonchev–Trinajstić information content (AvgIpc) is 2.36. The minimum absolute atomic E-state index is 0.0110. The van der Waals surface area contributed by atoms with Crippen molar-refractivity contribution < 1.29 is 9.59 Å². The molecule has 1 heterocycles. The van der Waals surface area contributed by atoms with Crippen LogP contribution in [0.15, 0.2) is 0 Å². The Morgan fingerprint density at radius 1 is 1.37 bits per heavy atom. The van der Waals surface area contributed by atoms with Crippen LogP contribution in [-0.2, 0) is 9.59 Å². The molecule has 19 heavy (non-hydrogen) atoms. The zero-order valence-electron chi connectivity index (χ0n) is 12.4. The van der Waals surface area contributed by atoms with Gasteiger partial charge in [-0.2, -0.15) is 11.8 Å². The summed E-state index contributed by atoms with van der Waals surface area (Å²) in [6.45, 7) is 6.82. The fourth-order valence-electron chi connectivity index (χ4n) is 2.61. The van der Waals surface area contributed by atoms with E-state index in [4.69, 9.17) is 0 Å². The Labute approximate surface area is 120 Å². The summed E-state index contributed by atoms with van der Waals surface area (Å²) in [7, 11) is 0. The minimum Gasteiger partial charge on any atom is -0.343 e. The molecule has 1 aliphatic rings. The smallest absolute Gasteiger partial charge is 0.245 e. The highest BCUT2D eigenvalue weighted by Crippen LogP contribution is 2.18. The monoisotopic (exact) mass is 286 g/mol. The van der Waals surface area contributed by atoms with Crippen molar-refractivity contribution in [2.45, 2.75) is 52.1 Å². The molecule has 0 spiro atoms. The second-order valence-corrected chi connectivity index (χ2v) is 6.24. The maximum atomic E-state index is 12.5. The summed E-state index contributed by atoms with van der Waals surface area (Å²) in [6, 6.07) is -0.605. The number of carbonyl (C=O) groups is 2. The lowest BCUT2D eigenvalue weighted by Crippen LogP contribution is -2.63. The first-order valence-corrected chi connectivity index (χ1v) is 8.54. The van der Waals surface area contributed by atoms with Gasteiger partial charge in [-0.15, -0.1) is 0 Å². The number of hydrogen-bond donors (Lipinski definition) is 1. The van der Waals surface area contributed by atoms with E-state index in [9.17, 15) is 9.59 Å². The van der Waals surface area contributed by atoms with E-state index >= 15 is 0 Å². The number of rotatable bonds is 7. The van der Waals surface area contributed by atoms with E-state index in [-0.39, 0.29) is 23.9 Å². The third kappa shape index (κ3) is 4.13. The molecule has 0 aliphatic carbocycles.